The fraction of sp³-hybridized carbons (Fsp3) is 0.316. The summed E-state index contributed by atoms with van der Waals surface area (Å²) in [6, 6.07) is 7.23. The van der Waals surface area contributed by atoms with Gasteiger partial charge in [0, 0.05) is 24.5 Å². The van der Waals surface area contributed by atoms with Crippen LogP contribution in [0, 0.1) is 0 Å². The second-order valence-corrected chi connectivity index (χ2v) is 10.2. The largest absolute Gasteiger partial charge is 0.370 e. The van der Waals surface area contributed by atoms with Crippen LogP contribution in [-0.2, 0) is 19.6 Å². The predicted octanol–water partition coefficient (Wildman–Crippen LogP) is 3.18. The SMILES string of the molecule is CC1(S(=O)(=O)n2ccc3cccc(N4CCOCC4=O)c32)C=CC=C(Br)C1. The van der Waals surface area contributed by atoms with Crippen molar-refractivity contribution >= 4 is 48.5 Å². The predicted molar refractivity (Wildman–Crippen MR) is 109 cm³/mol. The molecule has 1 saturated heterocycles. The molecule has 1 aliphatic carbocycles. The van der Waals surface area contributed by atoms with Gasteiger partial charge in [0.05, 0.1) is 17.8 Å². The molecule has 0 spiro atoms. The van der Waals surface area contributed by atoms with Crippen molar-refractivity contribution < 1.29 is 17.9 Å². The fourth-order valence-electron chi connectivity index (χ4n) is 3.55. The van der Waals surface area contributed by atoms with Gasteiger partial charge >= 0.3 is 0 Å². The lowest BCUT2D eigenvalue weighted by Crippen LogP contribution is -2.42. The molecular formula is C19H19BrN2O4S. The summed E-state index contributed by atoms with van der Waals surface area (Å²) in [7, 11) is -3.77. The molecule has 0 bridgehead atoms. The van der Waals surface area contributed by atoms with Crippen molar-refractivity contribution in [3.63, 3.8) is 0 Å². The molecule has 1 fully saturated rings. The lowest BCUT2D eigenvalue weighted by atomic mass is 10.0. The zero-order valence-corrected chi connectivity index (χ0v) is 17.2. The van der Waals surface area contributed by atoms with Gasteiger partial charge in [-0.1, -0.05) is 46.3 Å². The van der Waals surface area contributed by atoms with Crippen LogP contribution in [0.1, 0.15) is 13.3 Å². The number of para-hydroxylation sites is 1. The van der Waals surface area contributed by atoms with Crippen LogP contribution in [0.15, 0.2) is 53.2 Å². The number of morpholine rings is 1. The molecule has 1 aromatic carbocycles. The molecule has 1 amide bonds. The number of hydrogen-bond acceptors (Lipinski definition) is 4. The number of anilines is 1. The maximum absolute atomic E-state index is 13.6. The first-order chi connectivity index (χ1) is 12.8. The molecule has 8 heteroatoms. The minimum atomic E-state index is -3.77. The molecule has 0 saturated carbocycles. The van der Waals surface area contributed by atoms with E-state index in [0.29, 0.717) is 30.8 Å². The van der Waals surface area contributed by atoms with Crippen molar-refractivity contribution in [1.82, 2.24) is 3.97 Å². The van der Waals surface area contributed by atoms with Gasteiger partial charge in [-0.15, -0.1) is 0 Å². The number of ether oxygens (including phenoxy) is 1. The Balaban J connectivity index is 1.89. The third-order valence-electron chi connectivity index (χ3n) is 5.03. The van der Waals surface area contributed by atoms with Crippen molar-refractivity contribution in [1.29, 1.82) is 0 Å². The standard InChI is InChI=1S/C19H19BrN2O4S/c1-19(8-3-5-15(20)12-19)27(24,25)22-9-7-14-4-2-6-16(18(14)22)21-10-11-26-13-17(21)23/h2-9H,10-13H2,1H3. The van der Waals surface area contributed by atoms with E-state index < -0.39 is 14.8 Å². The Labute approximate surface area is 166 Å². The van der Waals surface area contributed by atoms with Crippen LogP contribution >= 0.6 is 15.9 Å². The molecule has 0 N–H and O–H groups in total. The second-order valence-electron chi connectivity index (χ2n) is 6.89. The first-order valence-corrected chi connectivity index (χ1v) is 10.8. The van der Waals surface area contributed by atoms with Gasteiger partial charge in [-0.25, -0.2) is 12.4 Å². The van der Waals surface area contributed by atoms with Gasteiger partial charge < -0.3 is 9.64 Å². The van der Waals surface area contributed by atoms with E-state index in [0.717, 1.165) is 9.87 Å². The summed E-state index contributed by atoms with van der Waals surface area (Å²) >= 11 is 3.42. The molecule has 27 heavy (non-hydrogen) atoms. The third kappa shape index (κ3) is 2.96. The number of nitrogens with zero attached hydrogens (tertiary/aromatic N) is 2. The van der Waals surface area contributed by atoms with Crippen molar-refractivity contribution in [2.75, 3.05) is 24.7 Å². The van der Waals surface area contributed by atoms with E-state index >= 15 is 0 Å². The molecular weight excluding hydrogens is 432 g/mol. The molecule has 1 aromatic heterocycles. The Bertz CT molecular complexity index is 1090. The van der Waals surface area contributed by atoms with E-state index in [1.807, 2.05) is 18.2 Å². The van der Waals surface area contributed by atoms with E-state index in [-0.39, 0.29) is 12.5 Å². The van der Waals surface area contributed by atoms with Crippen molar-refractivity contribution in [2.45, 2.75) is 18.1 Å². The number of hydrogen-bond donors (Lipinski definition) is 0. The Morgan fingerprint density at radius 3 is 2.81 bits per heavy atom. The molecule has 4 rings (SSSR count). The van der Waals surface area contributed by atoms with E-state index in [1.54, 1.807) is 42.3 Å². The highest BCUT2D eigenvalue weighted by molar-refractivity contribution is 9.11. The quantitative estimate of drug-likeness (QED) is 0.719. The Kier molecular flexibility index (Phi) is 4.52. The topological polar surface area (TPSA) is 68.6 Å². The van der Waals surface area contributed by atoms with Crippen LogP contribution in [0.25, 0.3) is 10.9 Å². The molecule has 1 atom stereocenters. The summed E-state index contributed by atoms with van der Waals surface area (Å²) in [5.74, 6) is -0.173. The van der Waals surface area contributed by atoms with Gasteiger partial charge in [-0.2, -0.15) is 0 Å². The number of aromatic nitrogens is 1. The summed E-state index contributed by atoms with van der Waals surface area (Å²) < 4.78 is 33.4. The number of amides is 1. The smallest absolute Gasteiger partial charge is 0.253 e. The highest BCUT2D eigenvalue weighted by atomic mass is 79.9. The van der Waals surface area contributed by atoms with Gasteiger partial charge in [0.15, 0.2) is 0 Å². The lowest BCUT2D eigenvalue weighted by molar-refractivity contribution is -0.125. The second kappa shape index (κ2) is 6.61. The average Bonchev–Trinajstić information content (AvgIpc) is 3.07. The molecule has 2 heterocycles. The van der Waals surface area contributed by atoms with Crippen LogP contribution in [0.2, 0.25) is 0 Å². The highest BCUT2D eigenvalue weighted by Gasteiger charge is 2.40. The third-order valence-corrected chi connectivity index (χ3v) is 7.85. The summed E-state index contributed by atoms with van der Waals surface area (Å²) in [6.07, 6.45) is 7.23. The molecule has 1 unspecified atom stereocenters. The Morgan fingerprint density at radius 2 is 2.07 bits per heavy atom. The van der Waals surface area contributed by atoms with Gasteiger partial charge in [0.25, 0.3) is 5.91 Å². The van der Waals surface area contributed by atoms with Crippen LogP contribution in [0.3, 0.4) is 0 Å². The lowest BCUT2D eigenvalue weighted by Gasteiger charge is -2.31. The van der Waals surface area contributed by atoms with Gasteiger partial charge in [0.1, 0.15) is 11.4 Å². The first kappa shape index (κ1) is 18.5. The zero-order valence-electron chi connectivity index (χ0n) is 14.8. The van der Waals surface area contributed by atoms with E-state index in [2.05, 4.69) is 15.9 Å². The van der Waals surface area contributed by atoms with E-state index in [1.165, 1.54) is 3.97 Å². The Hall–Kier alpha value is -1.90. The number of benzene rings is 1. The fourth-order valence-corrected chi connectivity index (χ4v) is 6.17. The number of halogens is 1. The van der Waals surface area contributed by atoms with Crippen LogP contribution in [-0.4, -0.2) is 42.8 Å². The molecule has 1 aliphatic heterocycles. The molecule has 0 radical (unpaired) electrons. The molecule has 2 aliphatic rings. The molecule has 2 aromatic rings. The summed E-state index contributed by atoms with van der Waals surface area (Å²) in [5, 5.41) is 0.772. The van der Waals surface area contributed by atoms with Crippen molar-refractivity contribution in [3.05, 3.63) is 53.2 Å². The molecule has 6 nitrogen and oxygen atoms in total. The summed E-state index contributed by atoms with van der Waals surface area (Å²) in [4.78, 5) is 14.0. The number of carbonyl (C=O) groups excluding carboxylic acids is 1. The summed E-state index contributed by atoms with van der Waals surface area (Å²) in [5.41, 5.74) is 1.11. The normalized spacial score (nSPS) is 23.7. The van der Waals surface area contributed by atoms with Gasteiger partial charge in [-0.05, 0) is 23.5 Å². The molecule has 142 valence electrons. The number of carbonyl (C=O) groups is 1. The van der Waals surface area contributed by atoms with E-state index in [9.17, 15) is 13.2 Å². The van der Waals surface area contributed by atoms with Crippen LogP contribution in [0.5, 0.6) is 0 Å². The van der Waals surface area contributed by atoms with Crippen LogP contribution < -0.4 is 4.90 Å². The number of fused-ring (bicyclic) bond motifs is 1. The highest BCUT2D eigenvalue weighted by Crippen LogP contribution is 2.38. The van der Waals surface area contributed by atoms with Crippen molar-refractivity contribution in [3.8, 4) is 0 Å². The van der Waals surface area contributed by atoms with Gasteiger partial charge in [0.2, 0.25) is 10.0 Å². The number of rotatable bonds is 3. The minimum Gasteiger partial charge on any atom is -0.370 e. The van der Waals surface area contributed by atoms with Gasteiger partial charge in [-0.3, -0.25) is 4.79 Å². The zero-order chi connectivity index (χ0) is 19.2. The summed E-state index contributed by atoms with van der Waals surface area (Å²) in [6.45, 7) is 2.53. The monoisotopic (exact) mass is 450 g/mol. The minimum absolute atomic E-state index is 0.00202. The average molecular weight is 451 g/mol. The maximum Gasteiger partial charge on any atom is 0.253 e. The Morgan fingerprint density at radius 1 is 1.26 bits per heavy atom. The first-order valence-electron chi connectivity index (χ1n) is 8.61. The van der Waals surface area contributed by atoms with Crippen molar-refractivity contribution in [2.24, 2.45) is 0 Å². The number of allylic oxidation sites excluding steroid dienone is 3. The maximum atomic E-state index is 13.6. The van der Waals surface area contributed by atoms with E-state index in [4.69, 9.17) is 4.74 Å². The van der Waals surface area contributed by atoms with Crippen LogP contribution in [0.4, 0.5) is 5.69 Å².